The van der Waals surface area contributed by atoms with Gasteiger partial charge in [0.2, 0.25) is 0 Å². The molecule has 1 aromatic rings. The van der Waals surface area contributed by atoms with Crippen LogP contribution < -0.4 is 10.6 Å². The van der Waals surface area contributed by atoms with Crippen molar-refractivity contribution in [1.82, 2.24) is 10.6 Å². The number of likely N-dealkylation sites (N-methyl/N-ethyl adjacent to an activating group) is 1. The minimum absolute atomic E-state index is 0.824. The molecule has 1 aliphatic carbocycles. The zero-order valence-electron chi connectivity index (χ0n) is 11.5. The lowest BCUT2D eigenvalue weighted by Gasteiger charge is -2.22. The third kappa shape index (κ3) is 4.11. The van der Waals surface area contributed by atoms with E-state index in [0.717, 1.165) is 25.6 Å². The molecule has 2 nitrogen and oxygen atoms in total. The van der Waals surface area contributed by atoms with Crippen LogP contribution in [0.5, 0.6) is 0 Å². The van der Waals surface area contributed by atoms with E-state index in [9.17, 15) is 0 Å². The van der Waals surface area contributed by atoms with Crippen LogP contribution in [0.3, 0.4) is 0 Å². The quantitative estimate of drug-likeness (QED) is 0.754. The number of nitrogens with one attached hydrogen (secondary N) is 2. The molecule has 0 aliphatic heterocycles. The van der Waals surface area contributed by atoms with Crippen molar-refractivity contribution < 1.29 is 0 Å². The molecule has 0 atom stereocenters. The Morgan fingerprint density at radius 2 is 1.72 bits per heavy atom. The van der Waals surface area contributed by atoms with E-state index < -0.39 is 0 Å². The summed E-state index contributed by atoms with van der Waals surface area (Å²) in [5.41, 5.74) is 2.94. The van der Waals surface area contributed by atoms with E-state index >= 15 is 0 Å². The standard InChI is InChI=1S/C16H26N2/c1-17-11-12-18-13-14-7-9-16(10-8-14)15-5-3-2-4-6-15/h7-10,15,17-18H,2-6,11-13H2,1H3. The van der Waals surface area contributed by atoms with Crippen molar-refractivity contribution in [2.45, 2.75) is 44.6 Å². The zero-order valence-corrected chi connectivity index (χ0v) is 11.5. The Balaban J connectivity index is 1.81. The van der Waals surface area contributed by atoms with Gasteiger partial charge in [-0.15, -0.1) is 0 Å². The highest BCUT2D eigenvalue weighted by Crippen LogP contribution is 2.32. The minimum Gasteiger partial charge on any atom is -0.318 e. The minimum atomic E-state index is 0.824. The molecule has 0 radical (unpaired) electrons. The van der Waals surface area contributed by atoms with E-state index in [0.29, 0.717) is 0 Å². The summed E-state index contributed by atoms with van der Waals surface area (Å²) in [4.78, 5) is 0. The van der Waals surface area contributed by atoms with Crippen molar-refractivity contribution in [2.75, 3.05) is 20.1 Å². The van der Waals surface area contributed by atoms with Crippen molar-refractivity contribution >= 4 is 0 Å². The molecular formula is C16H26N2. The average Bonchev–Trinajstić information content (AvgIpc) is 2.45. The van der Waals surface area contributed by atoms with E-state index in [1.807, 2.05) is 7.05 Å². The highest BCUT2D eigenvalue weighted by molar-refractivity contribution is 5.25. The summed E-state index contributed by atoms with van der Waals surface area (Å²) in [6.07, 6.45) is 7.04. The lowest BCUT2D eigenvalue weighted by atomic mass is 9.84. The molecule has 0 amide bonds. The summed E-state index contributed by atoms with van der Waals surface area (Å²) in [5, 5.41) is 6.58. The van der Waals surface area contributed by atoms with Gasteiger partial charge in [0.05, 0.1) is 0 Å². The molecule has 1 saturated carbocycles. The van der Waals surface area contributed by atoms with Gasteiger partial charge >= 0.3 is 0 Å². The van der Waals surface area contributed by atoms with Gasteiger partial charge in [0.25, 0.3) is 0 Å². The van der Waals surface area contributed by atoms with Gasteiger partial charge in [-0.25, -0.2) is 0 Å². The fourth-order valence-corrected chi connectivity index (χ4v) is 2.79. The van der Waals surface area contributed by atoms with Crippen LogP contribution in [0, 0.1) is 0 Å². The Kier molecular flexibility index (Phi) is 5.69. The first-order valence-electron chi connectivity index (χ1n) is 7.34. The molecule has 2 N–H and O–H groups in total. The van der Waals surface area contributed by atoms with Gasteiger partial charge in [-0.1, -0.05) is 43.5 Å². The van der Waals surface area contributed by atoms with Crippen LogP contribution in [0.25, 0.3) is 0 Å². The maximum atomic E-state index is 3.44. The number of benzene rings is 1. The number of rotatable bonds is 6. The Labute approximate surface area is 111 Å². The van der Waals surface area contributed by atoms with Crippen LogP contribution in [-0.4, -0.2) is 20.1 Å². The number of hydrogen-bond acceptors (Lipinski definition) is 2. The van der Waals surface area contributed by atoms with Gasteiger partial charge in [-0.3, -0.25) is 0 Å². The largest absolute Gasteiger partial charge is 0.318 e. The third-order valence-corrected chi connectivity index (χ3v) is 3.94. The first-order chi connectivity index (χ1) is 8.90. The molecule has 2 rings (SSSR count). The van der Waals surface area contributed by atoms with E-state index in [4.69, 9.17) is 0 Å². The van der Waals surface area contributed by atoms with Gasteiger partial charge in [-0.05, 0) is 36.9 Å². The molecule has 1 fully saturated rings. The molecule has 100 valence electrons. The zero-order chi connectivity index (χ0) is 12.6. The summed E-state index contributed by atoms with van der Waals surface area (Å²) in [5.74, 6) is 0.824. The molecule has 0 saturated heterocycles. The lowest BCUT2D eigenvalue weighted by molar-refractivity contribution is 0.443. The fraction of sp³-hybridized carbons (Fsp3) is 0.625. The SMILES string of the molecule is CNCCNCc1ccc(C2CCCCC2)cc1. The third-order valence-electron chi connectivity index (χ3n) is 3.94. The van der Waals surface area contributed by atoms with Crippen LogP contribution in [0.2, 0.25) is 0 Å². The maximum Gasteiger partial charge on any atom is 0.0206 e. The second kappa shape index (κ2) is 7.55. The Morgan fingerprint density at radius 3 is 2.39 bits per heavy atom. The Morgan fingerprint density at radius 1 is 1.00 bits per heavy atom. The smallest absolute Gasteiger partial charge is 0.0206 e. The monoisotopic (exact) mass is 246 g/mol. The molecular weight excluding hydrogens is 220 g/mol. The summed E-state index contributed by atoms with van der Waals surface area (Å²) in [7, 11) is 1.99. The van der Waals surface area contributed by atoms with Crippen molar-refractivity contribution in [3.8, 4) is 0 Å². The van der Waals surface area contributed by atoms with Crippen LogP contribution in [0.1, 0.15) is 49.1 Å². The van der Waals surface area contributed by atoms with Gasteiger partial charge < -0.3 is 10.6 Å². The normalized spacial score (nSPS) is 16.9. The highest BCUT2D eigenvalue weighted by Gasteiger charge is 2.14. The average molecular weight is 246 g/mol. The topological polar surface area (TPSA) is 24.1 Å². The van der Waals surface area contributed by atoms with E-state index in [-0.39, 0.29) is 0 Å². The molecule has 0 bridgehead atoms. The first-order valence-corrected chi connectivity index (χ1v) is 7.34. The fourth-order valence-electron chi connectivity index (χ4n) is 2.79. The Bertz CT molecular complexity index is 325. The molecule has 0 aromatic heterocycles. The summed E-state index contributed by atoms with van der Waals surface area (Å²) in [6, 6.07) is 9.25. The van der Waals surface area contributed by atoms with E-state index in [2.05, 4.69) is 34.9 Å². The highest BCUT2D eigenvalue weighted by atomic mass is 14.9. The van der Waals surface area contributed by atoms with Crippen molar-refractivity contribution in [3.05, 3.63) is 35.4 Å². The predicted molar refractivity (Wildman–Crippen MR) is 77.9 cm³/mol. The molecule has 1 aromatic carbocycles. The summed E-state index contributed by atoms with van der Waals surface area (Å²) >= 11 is 0. The second-order valence-electron chi connectivity index (χ2n) is 5.36. The van der Waals surface area contributed by atoms with E-state index in [1.54, 1.807) is 5.56 Å². The van der Waals surface area contributed by atoms with Gasteiger partial charge in [-0.2, -0.15) is 0 Å². The van der Waals surface area contributed by atoms with Crippen LogP contribution in [0.4, 0.5) is 0 Å². The summed E-state index contributed by atoms with van der Waals surface area (Å²) < 4.78 is 0. The van der Waals surface area contributed by atoms with Crippen molar-refractivity contribution in [2.24, 2.45) is 0 Å². The van der Waals surface area contributed by atoms with Crippen LogP contribution >= 0.6 is 0 Å². The molecule has 2 heteroatoms. The molecule has 0 unspecified atom stereocenters. The first kappa shape index (κ1) is 13.6. The van der Waals surface area contributed by atoms with Gasteiger partial charge in [0, 0.05) is 19.6 Å². The van der Waals surface area contributed by atoms with Crippen molar-refractivity contribution in [3.63, 3.8) is 0 Å². The lowest BCUT2D eigenvalue weighted by Crippen LogP contribution is -2.24. The molecule has 18 heavy (non-hydrogen) atoms. The maximum absolute atomic E-state index is 3.44. The van der Waals surface area contributed by atoms with E-state index in [1.165, 1.54) is 37.7 Å². The van der Waals surface area contributed by atoms with Crippen LogP contribution in [0.15, 0.2) is 24.3 Å². The number of hydrogen-bond donors (Lipinski definition) is 2. The Hall–Kier alpha value is -0.860. The van der Waals surface area contributed by atoms with Crippen molar-refractivity contribution in [1.29, 1.82) is 0 Å². The summed E-state index contributed by atoms with van der Waals surface area (Å²) in [6.45, 7) is 3.04. The second-order valence-corrected chi connectivity index (χ2v) is 5.36. The molecule has 1 aliphatic rings. The van der Waals surface area contributed by atoms with Crippen LogP contribution in [-0.2, 0) is 6.54 Å². The van der Waals surface area contributed by atoms with Gasteiger partial charge in [0.1, 0.15) is 0 Å². The molecule has 0 heterocycles. The van der Waals surface area contributed by atoms with Gasteiger partial charge in [0.15, 0.2) is 0 Å². The predicted octanol–water partition coefficient (Wildman–Crippen LogP) is 3.04. The molecule has 0 spiro atoms.